The van der Waals surface area contributed by atoms with Crippen molar-refractivity contribution >= 4 is 29.3 Å². The van der Waals surface area contributed by atoms with Crippen LogP contribution in [0.25, 0.3) is 6.08 Å². The Kier molecular flexibility index (Phi) is 6.82. The second kappa shape index (κ2) is 9.28. The summed E-state index contributed by atoms with van der Waals surface area (Å²) in [5.74, 6) is -0.516. The van der Waals surface area contributed by atoms with E-state index in [1.807, 2.05) is 26.0 Å². The molecule has 0 saturated heterocycles. The van der Waals surface area contributed by atoms with Crippen molar-refractivity contribution in [2.75, 3.05) is 5.32 Å². The van der Waals surface area contributed by atoms with Crippen LogP contribution in [0.5, 0.6) is 0 Å². The first-order valence-electron chi connectivity index (χ1n) is 8.46. The summed E-state index contributed by atoms with van der Waals surface area (Å²) >= 11 is 0. The molecule has 0 aromatic heterocycles. The van der Waals surface area contributed by atoms with Crippen molar-refractivity contribution in [3.05, 3.63) is 75.8 Å². The summed E-state index contributed by atoms with van der Waals surface area (Å²) in [5, 5.41) is 16.5. The number of para-hydroxylation sites is 1. The SMILES string of the molecule is CC(C)C(=O)Nc1ccc(CNC(=O)/C=C/c2ccccc2[N+](=O)[O-])cc1. The molecule has 0 spiro atoms. The van der Waals surface area contributed by atoms with Gasteiger partial charge in [0.25, 0.3) is 5.69 Å². The van der Waals surface area contributed by atoms with E-state index in [0.717, 1.165) is 5.56 Å². The van der Waals surface area contributed by atoms with Crippen LogP contribution in [-0.4, -0.2) is 16.7 Å². The minimum atomic E-state index is -0.489. The standard InChI is InChI=1S/C20H21N3O4/c1-14(2)20(25)22-17-10-7-15(8-11-17)13-21-19(24)12-9-16-5-3-4-6-18(16)23(26)27/h3-12,14H,13H2,1-2H3,(H,21,24)(H,22,25)/b12-9+. The number of nitro benzene ring substituents is 1. The van der Waals surface area contributed by atoms with Crippen LogP contribution < -0.4 is 10.6 Å². The minimum absolute atomic E-state index is 0.0550. The molecule has 2 rings (SSSR count). The molecule has 140 valence electrons. The molecule has 2 amide bonds. The van der Waals surface area contributed by atoms with E-state index < -0.39 is 4.92 Å². The average Bonchev–Trinajstić information content (AvgIpc) is 2.65. The van der Waals surface area contributed by atoms with E-state index in [0.29, 0.717) is 17.8 Å². The Balaban J connectivity index is 1.90. The molecular formula is C20H21N3O4. The van der Waals surface area contributed by atoms with Gasteiger partial charge in [0, 0.05) is 30.3 Å². The van der Waals surface area contributed by atoms with Crippen LogP contribution in [0.4, 0.5) is 11.4 Å². The average molecular weight is 367 g/mol. The van der Waals surface area contributed by atoms with Gasteiger partial charge in [0.1, 0.15) is 0 Å². The number of carbonyl (C=O) groups excluding carboxylic acids is 2. The number of hydrogen-bond acceptors (Lipinski definition) is 4. The number of anilines is 1. The number of nitrogens with one attached hydrogen (secondary N) is 2. The molecule has 0 saturated carbocycles. The maximum absolute atomic E-state index is 11.9. The Morgan fingerprint density at radius 1 is 1.11 bits per heavy atom. The normalized spacial score (nSPS) is 10.8. The molecule has 7 heteroatoms. The van der Waals surface area contributed by atoms with E-state index in [1.165, 1.54) is 18.2 Å². The van der Waals surface area contributed by atoms with E-state index in [-0.39, 0.29) is 23.4 Å². The fourth-order valence-electron chi connectivity index (χ4n) is 2.20. The lowest BCUT2D eigenvalue weighted by Crippen LogP contribution is -2.20. The van der Waals surface area contributed by atoms with Gasteiger partial charge in [0.05, 0.1) is 10.5 Å². The molecule has 27 heavy (non-hydrogen) atoms. The molecule has 0 radical (unpaired) electrons. The third-order valence-corrected chi connectivity index (χ3v) is 3.76. The fraction of sp³-hybridized carbons (Fsp3) is 0.200. The summed E-state index contributed by atoms with van der Waals surface area (Å²) in [6.45, 7) is 3.94. The Bertz CT molecular complexity index is 858. The number of amides is 2. The van der Waals surface area contributed by atoms with E-state index >= 15 is 0 Å². The van der Waals surface area contributed by atoms with Gasteiger partial charge in [0.15, 0.2) is 0 Å². The highest BCUT2D eigenvalue weighted by atomic mass is 16.6. The van der Waals surface area contributed by atoms with Gasteiger partial charge in [-0.2, -0.15) is 0 Å². The zero-order valence-corrected chi connectivity index (χ0v) is 15.1. The van der Waals surface area contributed by atoms with Crippen molar-refractivity contribution in [2.45, 2.75) is 20.4 Å². The van der Waals surface area contributed by atoms with Gasteiger partial charge in [-0.3, -0.25) is 19.7 Å². The number of rotatable bonds is 7. The van der Waals surface area contributed by atoms with Gasteiger partial charge in [-0.15, -0.1) is 0 Å². The van der Waals surface area contributed by atoms with Crippen molar-refractivity contribution in [2.24, 2.45) is 5.92 Å². The van der Waals surface area contributed by atoms with Crippen molar-refractivity contribution in [3.63, 3.8) is 0 Å². The van der Waals surface area contributed by atoms with Gasteiger partial charge in [-0.1, -0.05) is 38.1 Å². The Hall–Kier alpha value is -3.48. The van der Waals surface area contributed by atoms with Gasteiger partial charge in [0.2, 0.25) is 11.8 Å². The van der Waals surface area contributed by atoms with Crippen molar-refractivity contribution in [1.29, 1.82) is 0 Å². The van der Waals surface area contributed by atoms with Gasteiger partial charge in [-0.25, -0.2) is 0 Å². The highest BCUT2D eigenvalue weighted by Crippen LogP contribution is 2.18. The summed E-state index contributed by atoms with van der Waals surface area (Å²) in [6.07, 6.45) is 2.68. The Morgan fingerprint density at radius 2 is 1.78 bits per heavy atom. The maximum atomic E-state index is 11.9. The quantitative estimate of drug-likeness (QED) is 0.444. The smallest absolute Gasteiger partial charge is 0.276 e. The van der Waals surface area contributed by atoms with Crippen LogP contribution in [0.15, 0.2) is 54.6 Å². The van der Waals surface area contributed by atoms with Crippen molar-refractivity contribution in [3.8, 4) is 0 Å². The van der Waals surface area contributed by atoms with Crippen molar-refractivity contribution in [1.82, 2.24) is 5.32 Å². The van der Waals surface area contributed by atoms with Gasteiger partial charge >= 0.3 is 0 Å². The molecule has 7 nitrogen and oxygen atoms in total. The molecule has 2 N–H and O–H groups in total. The minimum Gasteiger partial charge on any atom is -0.348 e. The Morgan fingerprint density at radius 3 is 2.41 bits per heavy atom. The van der Waals surface area contributed by atoms with Crippen LogP contribution >= 0.6 is 0 Å². The second-order valence-electron chi connectivity index (χ2n) is 6.21. The molecule has 0 bridgehead atoms. The molecule has 0 unspecified atom stereocenters. The third-order valence-electron chi connectivity index (χ3n) is 3.76. The maximum Gasteiger partial charge on any atom is 0.276 e. The zero-order valence-electron chi connectivity index (χ0n) is 15.1. The largest absolute Gasteiger partial charge is 0.348 e. The lowest BCUT2D eigenvalue weighted by molar-refractivity contribution is -0.385. The number of benzene rings is 2. The van der Waals surface area contributed by atoms with E-state index in [9.17, 15) is 19.7 Å². The predicted molar refractivity (Wildman–Crippen MR) is 104 cm³/mol. The third kappa shape index (κ3) is 6.07. The van der Waals surface area contributed by atoms with Crippen molar-refractivity contribution < 1.29 is 14.5 Å². The van der Waals surface area contributed by atoms with Gasteiger partial charge in [-0.05, 0) is 29.8 Å². The van der Waals surface area contributed by atoms with E-state index in [4.69, 9.17) is 0 Å². The first-order chi connectivity index (χ1) is 12.9. The predicted octanol–water partition coefficient (Wildman–Crippen LogP) is 3.52. The summed E-state index contributed by atoms with van der Waals surface area (Å²) < 4.78 is 0. The molecule has 0 heterocycles. The molecule has 0 atom stereocenters. The molecule has 2 aromatic rings. The number of hydrogen-bond donors (Lipinski definition) is 2. The van der Waals surface area contributed by atoms with E-state index in [1.54, 1.807) is 30.3 Å². The number of carbonyl (C=O) groups is 2. The first-order valence-corrected chi connectivity index (χ1v) is 8.46. The summed E-state index contributed by atoms with van der Waals surface area (Å²) in [4.78, 5) is 34.0. The number of nitrogens with zero attached hydrogens (tertiary/aromatic N) is 1. The molecule has 0 aliphatic rings. The van der Waals surface area contributed by atoms with Crippen LogP contribution in [0.3, 0.4) is 0 Å². The van der Waals surface area contributed by atoms with Crippen LogP contribution in [0.2, 0.25) is 0 Å². The van der Waals surface area contributed by atoms with E-state index in [2.05, 4.69) is 10.6 Å². The highest BCUT2D eigenvalue weighted by molar-refractivity contribution is 5.92. The molecule has 2 aromatic carbocycles. The van der Waals surface area contributed by atoms with Crippen LogP contribution in [0.1, 0.15) is 25.0 Å². The Labute approximate surface area is 157 Å². The lowest BCUT2D eigenvalue weighted by atomic mass is 10.1. The fourth-order valence-corrected chi connectivity index (χ4v) is 2.20. The summed E-state index contributed by atoms with van der Waals surface area (Å²) in [5.41, 5.74) is 1.87. The second-order valence-corrected chi connectivity index (χ2v) is 6.21. The molecule has 0 fully saturated rings. The summed E-state index contributed by atoms with van der Waals surface area (Å²) in [6, 6.07) is 13.4. The topological polar surface area (TPSA) is 101 Å². The highest BCUT2D eigenvalue weighted by Gasteiger charge is 2.10. The number of nitro groups is 1. The molecule has 0 aliphatic carbocycles. The van der Waals surface area contributed by atoms with Gasteiger partial charge < -0.3 is 10.6 Å². The summed E-state index contributed by atoms with van der Waals surface area (Å²) in [7, 11) is 0. The van der Waals surface area contributed by atoms with Crippen LogP contribution in [-0.2, 0) is 16.1 Å². The lowest BCUT2D eigenvalue weighted by Gasteiger charge is -2.08. The first kappa shape index (κ1) is 19.8. The molecular weight excluding hydrogens is 346 g/mol. The molecule has 0 aliphatic heterocycles. The van der Waals surface area contributed by atoms with Crippen LogP contribution in [0, 0.1) is 16.0 Å². The monoisotopic (exact) mass is 367 g/mol. The zero-order chi connectivity index (χ0) is 19.8.